The molecule has 0 spiro atoms. The molecule has 0 aromatic carbocycles. The number of nitrogens with zero attached hydrogens (tertiary/aromatic N) is 2. The number of pyridine rings is 1. The second-order valence-corrected chi connectivity index (χ2v) is 5.64. The Morgan fingerprint density at radius 1 is 1.50 bits per heavy atom. The van der Waals surface area contributed by atoms with Crippen LogP contribution in [0, 0.1) is 6.92 Å². The molecule has 0 atom stereocenters. The van der Waals surface area contributed by atoms with Crippen LogP contribution in [0.2, 0.25) is 0 Å². The molecule has 5 heteroatoms. The Labute approximate surface area is 120 Å². The van der Waals surface area contributed by atoms with Crippen molar-refractivity contribution in [3.8, 4) is 0 Å². The third kappa shape index (κ3) is 3.93. The SMILES string of the molecule is Cc1cc(CNC(C)C)cnc1N1CCCNC(=O)C1. The van der Waals surface area contributed by atoms with E-state index in [1.807, 2.05) is 6.20 Å². The zero-order valence-electron chi connectivity index (χ0n) is 12.6. The number of carbonyl (C=O) groups is 1. The summed E-state index contributed by atoms with van der Waals surface area (Å²) >= 11 is 0. The summed E-state index contributed by atoms with van der Waals surface area (Å²) < 4.78 is 0. The zero-order chi connectivity index (χ0) is 14.5. The van der Waals surface area contributed by atoms with Gasteiger partial charge in [0.2, 0.25) is 5.91 Å². The van der Waals surface area contributed by atoms with E-state index in [0.29, 0.717) is 12.6 Å². The molecule has 2 heterocycles. The molecule has 0 radical (unpaired) electrons. The van der Waals surface area contributed by atoms with Crippen LogP contribution in [0.25, 0.3) is 0 Å². The maximum Gasteiger partial charge on any atom is 0.239 e. The van der Waals surface area contributed by atoms with Gasteiger partial charge in [0, 0.05) is 31.9 Å². The second-order valence-electron chi connectivity index (χ2n) is 5.64. The first kappa shape index (κ1) is 14.8. The van der Waals surface area contributed by atoms with Crippen molar-refractivity contribution in [1.82, 2.24) is 15.6 Å². The third-order valence-corrected chi connectivity index (χ3v) is 3.38. The van der Waals surface area contributed by atoms with Crippen LogP contribution in [0.5, 0.6) is 0 Å². The predicted molar refractivity (Wildman–Crippen MR) is 80.8 cm³/mol. The van der Waals surface area contributed by atoms with E-state index in [1.54, 1.807) is 0 Å². The van der Waals surface area contributed by atoms with Crippen molar-refractivity contribution in [3.63, 3.8) is 0 Å². The average Bonchev–Trinajstić information content (AvgIpc) is 2.61. The van der Waals surface area contributed by atoms with Gasteiger partial charge in [0.05, 0.1) is 6.54 Å². The van der Waals surface area contributed by atoms with Crippen molar-refractivity contribution in [1.29, 1.82) is 0 Å². The van der Waals surface area contributed by atoms with Crippen LogP contribution in [0.15, 0.2) is 12.3 Å². The molecule has 110 valence electrons. The summed E-state index contributed by atoms with van der Waals surface area (Å²) in [6.45, 7) is 9.17. The van der Waals surface area contributed by atoms with Gasteiger partial charge < -0.3 is 15.5 Å². The largest absolute Gasteiger partial charge is 0.354 e. The summed E-state index contributed by atoms with van der Waals surface area (Å²) in [5.41, 5.74) is 2.31. The van der Waals surface area contributed by atoms with Gasteiger partial charge in [0.1, 0.15) is 5.82 Å². The Hall–Kier alpha value is -1.62. The van der Waals surface area contributed by atoms with Crippen LogP contribution in [0.4, 0.5) is 5.82 Å². The van der Waals surface area contributed by atoms with Gasteiger partial charge in [-0.15, -0.1) is 0 Å². The van der Waals surface area contributed by atoms with Crippen LogP contribution >= 0.6 is 0 Å². The van der Waals surface area contributed by atoms with Crippen molar-refractivity contribution in [3.05, 3.63) is 23.4 Å². The monoisotopic (exact) mass is 276 g/mol. The van der Waals surface area contributed by atoms with E-state index >= 15 is 0 Å². The zero-order valence-corrected chi connectivity index (χ0v) is 12.6. The number of nitrogens with one attached hydrogen (secondary N) is 2. The molecule has 1 aliphatic rings. The normalized spacial score (nSPS) is 16.2. The third-order valence-electron chi connectivity index (χ3n) is 3.38. The molecule has 2 N–H and O–H groups in total. The summed E-state index contributed by atoms with van der Waals surface area (Å²) in [4.78, 5) is 18.3. The fraction of sp³-hybridized carbons (Fsp3) is 0.600. The first-order valence-corrected chi connectivity index (χ1v) is 7.27. The standard InChI is InChI=1S/C15H24N4O/c1-11(2)17-8-13-7-12(3)15(18-9-13)19-6-4-5-16-14(20)10-19/h7,9,11,17H,4-6,8,10H2,1-3H3,(H,16,20). The molecule has 1 aromatic rings. The maximum absolute atomic E-state index is 11.6. The molecule has 0 saturated carbocycles. The molecule has 1 aromatic heterocycles. The molecule has 0 aliphatic carbocycles. The van der Waals surface area contributed by atoms with Gasteiger partial charge in [-0.3, -0.25) is 4.79 Å². The summed E-state index contributed by atoms with van der Waals surface area (Å²) in [5, 5.41) is 6.28. The highest BCUT2D eigenvalue weighted by Gasteiger charge is 2.17. The van der Waals surface area contributed by atoms with Crippen molar-refractivity contribution in [2.24, 2.45) is 0 Å². The van der Waals surface area contributed by atoms with Gasteiger partial charge in [0.25, 0.3) is 0 Å². The van der Waals surface area contributed by atoms with E-state index in [2.05, 4.69) is 47.4 Å². The average molecular weight is 276 g/mol. The number of rotatable bonds is 4. The van der Waals surface area contributed by atoms with Crippen LogP contribution < -0.4 is 15.5 Å². The van der Waals surface area contributed by atoms with Crippen LogP contribution in [0.1, 0.15) is 31.4 Å². The molecule has 1 saturated heterocycles. The van der Waals surface area contributed by atoms with Crippen molar-refractivity contribution in [2.45, 2.75) is 39.8 Å². The fourth-order valence-corrected chi connectivity index (χ4v) is 2.36. The maximum atomic E-state index is 11.6. The number of hydrogen-bond donors (Lipinski definition) is 2. The van der Waals surface area contributed by atoms with Crippen LogP contribution in [0.3, 0.4) is 0 Å². The minimum absolute atomic E-state index is 0.0780. The molecule has 20 heavy (non-hydrogen) atoms. The van der Waals surface area contributed by atoms with Gasteiger partial charge >= 0.3 is 0 Å². The molecular weight excluding hydrogens is 252 g/mol. The number of anilines is 1. The highest BCUT2D eigenvalue weighted by Crippen LogP contribution is 2.19. The van der Waals surface area contributed by atoms with Crippen molar-refractivity contribution >= 4 is 11.7 Å². The highest BCUT2D eigenvalue weighted by atomic mass is 16.2. The smallest absolute Gasteiger partial charge is 0.239 e. The molecule has 1 fully saturated rings. The lowest BCUT2D eigenvalue weighted by Crippen LogP contribution is -2.34. The number of aryl methyl sites for hydroxylation is 1. The van der Waals surface area contributed by atoms with E-state index in [1.165, 1.54) is 5.56 Å². The molecule has 1 aliphatic heterocycles. The van der Waals surface area contributed by atoms with Gasteiger partial charge in [-0.1, -0.05) is 13.8 Å². The lowest BCUT2D eigenvalue weighted by Gasteiger charge is -2.22. The Morgan fingerprint density at radius 2 is 2.30 bits per heavy atom. The summed E-state index contributed by atoms with van der Waals surface area (Å²) in [6.07, 6.45) is 2.87. The lowest BCUT2D eigenvalue weighted by molar-refractivity contribution is -0.119. The second kappa shape index (κ2) is 6.70. The number of amides is 1. The van der Waals surface area contributed by atoms with E-state index in [0.717, 1.165) is 37.4 Å². The number of hydrogen-bond acceptors (Lipinski definition) is 4. The quantitative estimate of drug-likeness (QED) is 0.868. The molecule has 2 rings (SSSR count). The fourth-order valence-electron chi connectivity index (χ4n) is 2.36. The molecule has 0 bridgehead atoms. The minimum atomic E-state index is 0.0780. The summed E-state index contributed by atoms with van der Waals surface area (Å²) in [7, 11) is 0. The molecule has 0 unspecified atom stereocenters. The number of aromatic nitrogens is 1. The topological polar surface area (TPSA) is 57.3 Å². The Kier molecular flexibility index (Phi) is 4.95. The molecule has 5 nitrogen and oxygen atoms in total. The van der Waals surface area contributed by atoms with E-state index < -0.39 is 0 Å². The Balaban J connectivity index is 2.10. The Bertz CT molecular complexity index is 473. The van der Waals surface area contributed by atoms with E-state index in [4.69, 9.17) is 0 Å². The van der Waals surface area contributed by atoms with Gasteiger partial charge in [-0.2, -0.15) is 0 Å². The minimum Gasteiger partial charge on any atom is -0.354 e. The predicted octanol–water partition coefficient (Wildman–Crippen LogP) is 1.21. The van der Waals surface area contributed by atoms with Gasteiger partial charge in [-0.25, -0.2) is 4.98 Å². The van der Waals surface area contributed by atoms with Crippen molar-refractivity contribution in [2.75, 3.05) is 24.5 Å². The lowest BCUT2D eigenvalue weighted by atomic mass is 10.2. The van der Waals surface area contributed by atoms with Crippen molar-refractivity contribution < 1.29 is 4.79 Å². The first-order valence-electron chi connectivity index (χ1n) is 7.27. The highest BCUT2D eigenvalue weighted by molar-refractivity contribution is 5.81. The number of carbonyl (C=O) groups excluding carboxylic acids is 1. The molecular formula is C15H24N4O. The summed E-state index contributed by atoms with van der Waals surface area (Å²) in [6, 6.07) is 2.62. The van der Waals surface area contributed by atoms with E-state index in [-0.39, 0.29) is 5.91 Å². The van der Waals surface area contributed by atoms with E-state index in [9.17, 15) is 4.79 Å². The Morgan fingerprint density at radius 3 is 3.00 bits per heavy atom. The first-order chi connectivity index (χ1) is 9.56. The van der Waals surface area contributed by atoms with Gasteiger partial charge in [-0.05, 0) is 30.5 Å². The van der Waals surface area contributed by atoms with Crippen LogP contribution in [-0.2, 0) is 11.3 Å². The summed E-state index contributed by atoms with van der Waals surface area (Å²) in [5.74, 6) is 1.00. The molecule has 1 amide bonds. The van der Waals surface area contributed by atoms with Gasteiger partial charge in [0.15, 0.2) is 0 Å². The van der Waals surface area contributed by atoms with Crippen LogP contribution in [-0.4, -0.2) is 36.6 Å².